The molecule has 1 unspecified atom stereocenters. The van der Waals surface area contributed by atoms with Crippen LogP contribution in [0.5, 0.6) is 0 Å². The number of benzene rings is 2. The lowest BCUT2D eigenvalue weighted by Crippen LogP contribution is -2.41. The summed E-state index contributed by atoms with van der Waals surface area (Å²) in [5, 5.41) is 3.31. The van der Waals surface area contributed by atoms with Gasteiger partial charge in [-0.1, -0.05) is 23.7 Å². The quantitative estimate of drug-likeness (QED) is 0.797. The van der Waals surface area contributed by atoms with Crippen molar-refractivity contribution in [3.63, 3.8) is 0 Å². The summed E-state index contributed by atoms with van der Waals surface area (Å²) in [5.41, 5.74) is 0.853. The first-order chi connectivity index (χ1) is 13.3. The number of nitrogens with one attached hydrogen (secondary N) is 1. The van der Waals surface area contributed by atoms with Gasteiger partial charge in [0, 0.05) is 23.7 Å². The van der Waals surface area contributed by atoms with Crippen LogP contribution in [0.15, 0.2) is 47.4 Å². The van der Waals surface area contributed by atoms with Crippen LogP contribution in [-0.4, -0.2) is 44.9 Å². The number of hydrogen-bond acceptors (Lipinski definition) is 4. The molecule has 2 aromatic carbocycles. The summed E-state index contributed by atoms with van der Waals surface area (Å²) in [4.78, 5) is 12.1. The molecule has 1 N–H and O–H groups in total. The summed E-state index contributed by atoms with van der Waals surface area (Å²) in [6.07, 6.45) is 0. The Labute approximate surface area is 168 Å². The number of amides is 1. The van der Waals surface area contributed by atoms with E-state index in [-0.39, 0.29) is 37.9 Å². The third-order valence-corrected chi connectivity index (χ3v) is 6.63. The van der Waals surface area contributed by atoms with E-state index in [2.05, 4.69) is 5.32 Å². The van der Waals surface area contributed by atoms with Crippen molar-refractivity contribution in [1.82, 2.24) is 9.62 Å². The van der Waals surface area contributed by atoms with E-state index >= 15 is 0 Å². The molecule has 2 aromatic rings. The number of halogens is 2. The second-order valence-electron chi connectivity index (χ2n) is 6.41. The minimum absolute atomic E-state index is 0.0575. The molecule has 1 fully saturated rings. The van der Waals surface area contributed by atoms with Crippen molar-refractivity contribution in [3.05, 3.63) is 64.4 Å². The first-order valence-corrected chi connectivity index (χ1v) is 10.5. The minimum atomic E-state index is -4.05. The Morgan fingerprint density at radius 3 is 2.61 bits per heavy atom. The number of ether oxygens (including phenoxy) is 1. The number of morpholine rings is 1. The Morgan fingerprint density at radius 2 is 1.93 bits per heavy atom. The summed E-state index contributed by atoms with van der Waals surface area (Å²) >= 11 is 5.97. The van der Waals surface area contributed by atoms with Gasteiger partial charge in [-0.05, 0) is 42.8 Å². The fraction of sp³-hybridized carbons (Fsp3) is 0.316. The van der Waals surface area contributed by atoms with Crippen LogP contribution in [0.3, 0.4) is 0 Å². The van der Waals surface area contributed by atoms with Crippen LogP contribution in [0.2, 0.25) is 5.02 Å². The first-order valence-electron chi connectivity index (χ1n) is 8.73. The number of sulfonamides is 1. The number of rotatable bonds is 5. The van der Waals surface area contributed by atoms with Gasteiger partial charge in [-0.25, -0.2) is 12.8 Å². The van der Waals surface area contributed by atoms with Crippen LogP contribution in [0.1, 0.15) is 28.9 Å². The molecule has 150 valence electrons. The Bertz CT molecular complexity index is 978. The van der Waals surface area contributed by atoms with Crippen LogP contribution >= 0.6 is 11.6 Å². The molecule has 0 aromatic heterocycles. The molecule has 1 amide bonds. The Hall–Kier alpha value is -2.00. The van der Waals surface area contributed by atoms with Crippen molar-refractivity contribution in [2.75, 3.05) is 26.3 Å². The van der Waals surface area contributed by atoms with Crippen molar-refractivity contribution in [2.45, 2.75) is 17.9 Å². The highest BCUT2D eigenvalue weighted by atomic mass is 35.5. The molecule has 0 radical (unpaired) electrons. The fourth-order valence-electron chi connectivity index (χ4n) is 2.91. The van der Waals surface area contributed by atoms with Gasteiger partial charge >= 0.3 is 0 Å². The summed E-state index contributed by atoms with van der Waals surface area (Å²) < 4.78 is 46.1. The van der Waals surface area contributed by atoms with Crippen molar-refractivity contribution >= 4 is 27.5 Å². The smallest absolute Gasteiger partial charge is 0.251 e. The molecule has 28 heavy (non-hydrogen) atoms. The third-order valence-electron chi connectivity index (χ3n) is 4.48. The van der Waals surface area contributed by atoms with E-state index in [1.54, 1.807) is 25.1 Å². The highest BCUT2D eigenvalue weighted by Crippen LogP contribution is 2.23. The lowest BCUT2D eigenvalue weighted by molar-refractivity contribution is 0.0729. The van der Waals surface area contributed by atoms with Crippen molar-refractivity contribution in [2.24, 2.45) is 0 Å². The highest BCUT2D eigenvalue weighted by Gasteiger charge is 2.30. The van der Waals surface area contributed by atoms with E-state index in [4.69, 9.17) is 16.3 Å². The maximum absolute atomic E-state index is 14.3. The van der Waals surface area contributed by atoms with E-state index in [1.807, 2.05) is 6.07 Å². The monoisotopic (exact) mass is 426 g/mol. The van der Waals surface area contributed by atoms with Gasteiger partial charge in [0.15, 0.2) is 0 Å². The van der Waals surface area contributed by atoms with Gasteiger partial charge in [-0.15, -0.1) is 0 Å². The van der Waals surface area contributed by atoms with E-state index in [0.29, 0.717) is 5.02 Å². The van der Waals surface area contributed by atoms with E-state index in [1.165, 1.54) is 6.07 Å². The average molecular weight is 427 g/mol. The van der Waals surface area contributed by atoms with Crippen LogP contribution in [0, 0.1) is 5.82 Å². The highest BCUT2D eigenvalue weighted by molar-refractivity contribution is 7.89. The summed E-state index contributed by atoms with van der Waals surface area (Å²) in [6, 6.07) is 9.99. The predicted molar refractivity (Wildman–Crippen MR) is 103 cm³/mol. The normalized spacial score (nSPS) is 16.5. The molecule has 9 heteroatoms. The lowest BCUT2D eigenvalue weighted by atomic mass is 10.1. The molecule has 1 saturated heterocycles. The summed E-state index contributed by atoms with van der Waals surface area (Å²) in [5.74, 6) is -1.41. The summed E-state index contributed by atoms with van der Waals surface area (Å²) in [7, 11) is -4.05. The predicted octanol–water partition coefficient (Wildman–Crippen LogP) is 2.99. The molecule has 1 aliphatic rings. The Kier molecular flexibility index (Phi) is 6.34. The molecule has 0 aliphatic carbocycles. The maximum atomic E-state index is 14.3. The minimum Gasteiger partial charge on any atom is -0.379 e. The van der Waals surface area contributed by atoms with Crippen molar-refractivity contribution in [3.8, 4) is 0 Å². The number of nitrogens with zero attached hydrogens (tertiary/aromatic N) is 1. The third kappa shape index (κ3) is 4.52. The van der Waals surface area contributed by atoms with Gasteiger partial charge in [0.05, 0.1) is 19.3 Å². The lowest BCUT2D eigenvalue weighted by Gasteiger charge is -2.26. The Balaban J connectivity index is 1.83. The second-order valence-corrected chi connectivity index (χ2v) is 8.75. The van der Waals surface area contributed by atoms with Crippen LogP contribution < -0.4 is 5.32 Å². The Morgan fingerprint density at radius 1 is 1.21 bits per heavy atom. The maximum Gasteiger partial charge on any atom is 0.251 e. The largest absolute Gasteiger partial charge is 0.379 e. The second kappa shape index (κ2) is 8.57. The number of hydrogen-bond donors (Lipinski definition) is 1. The molecule has 0 saturated carbocycles. The van der Waals surface area contributed by atoms with Crippen molar-refractivity contribution in [1.29, 1.82) is 0 Å². The number of carbonyl (C=O) groups excluding carboxylic acids is 1. The van der Waals surface area contributed by atoms with E-state index in [9.17, 15) is 17.6 Å². The molecule has 1 aliphatic heterocycles. The van der Waals surface area contributed by atoms with Gasteiger partial charge in [-0.2, -0.15) is 4.31 Å². The fourth-order valence-corrected chi connectivity index (χ4v) is 4.60. The van der Waals surface area contributed by atoms with Gasteiger partial charge in [-0.3, -0.25) is 4.79 Å². The molecule has 1 atom stereocenters. The zero-order valence-corrected chi connectivity index (χ0v) is 16.8. The van der Waals surface area contributed by atoms with Gasteiger partial charge in [0.25, 0.3) is 5.91 Å². The zero-order valence-electron chi connectivity index (χ0n) is 15.2. The molecular weight excluding hydrogens is 407 g/mol. The molecule has 3 rings (SSSR count). The van der Waals surface area contributed by atoms with Crippen molar-refractivity contribution < 1.29 is 22.3 Å². The van der Waals surface area contributed by atoms with Gasteiger partial charge < -0.3 is 10.1 Å². The number of carbonyl (C=O) groups is 1. The first kappa shape index (κ1) is 20.7. The standard InChI is InChI=1S/C19H20ClFN2O4S/c1-13(14-3-2-4-16(20)11-14)22-19(24)15-5-6-17(21)18(12-15)28(25,26)23-7-9-27-10-8-23/h2-6,11-13H,7-10H2,1H3,(H,22,24). The summed E-state index contributed by atoms with van der Waals surface area (Å²) in [6.45, 7) is 2.56. The van der Waals surface area contributed by atoms with Crippen LogP contribution in [0.25, 0.3) is 0 Å². The average Bonchev–Trinajstić information content (AvgIpc) is 2.68. The van der Waals surface area contributed by atoms with E-state index in [0.717, 1.165) is 22.0 Å². The molecule has 1 heterocycles. The molecular formula is C19H20ClFN2O4S. The topological polar surface area (TPSA) is 75.7 Å². The SMILES string of the molecule is CC(NC(=O)c1ccc(F)c(S(=O)(=O)N2CCOCC2)c1)c1cccc(Cl)c1. The zero-order chi connectivity index (χ0) is 20.3. The van der Waals surface area contributed by atoms with Crippen LogP contribution in [0.4, 0.5) is 4.39 Å². The molecule has 0 spiro atoms. The van der Waals surface area contributed by atoms with Gasteiger partial charge in [0.2, 0.25) is 10.0 Å². The molecule has 0 bridgehead atoms. The van der Waals surface area contributed by atoms with Gasteiger partial charge in [0.1, 0.15) is 10.7 Å². The molecule has 6 nitrogen and oxygen atoms in total. The van der Waals surface area contributed by atoms with E-state index < -0.39 is 26.6 Å². The van der Waals surface area contributed by atoms with Crippen LogP contribution in [-0.2, 0) is 14.8 Å².